The summed E-state index contributed by atoms with van der Waals surface area (Å²) in [7, 11) is 0. The molecule has 1 saturated heterocycles. The fourth-order valence-electron chi connectivity index (χ4n) is 2.65. The molecule has 100 valence electrons. The summed E-state index contributed by atoms with van der Waals surface area (Å²) in [5.41, 5.74) is 9.07. The third-order valence-corrected chi connectivity index (χ3v) is 3.56. The molecule has 0 saturated carbocycles. The molecule has 3 rings (SSSR count). The third-order valence-electron chi connectivity index (χ3n) is 3.56. The van der Waals surface area contributed by atoms with Crippen LogP contribution in [-0.4, -0.2) is 23.0 Å². The number of rotatable bonds is 3. The molecule has 0 aliphatic carbocycles. The molecule has 4 N–H and O–H groups in total. The summed E-state index contributed by atoms with van der Waals surface area (Å²) in [4.78, 5) is 22.0. The molecule has 6 heteroatoms. The number of anilines is 1. The first-order valence-corrected chi connectivity index (χ1v) is 6.27. The Kier molecular flexibility index (Phi) is 2.96. The van der Waals surface area contributed by atoms with Crippen molar-refractivity contribution in [3.05, 3.63) is 29.3 Å². The van der Waals surface area contributed by atoms with Crippen molar-refractivity contribution in [3.8, 4) is 0 Å². The van der Waals surface area contributed by atoms with Crippen LogP contribution in [0.2, 0.25) is 0 Å². The van der Waals surface area contributed by atoms with Crippen LogP contribution < -0.4 is 16.2 Å². The van der Waals surface area contributed by atoms with Crippen molar-refractivity contribution in [1.82, 2.24) is 10.9 Å². The van der Waals surface area contributed by atoms with Gasteiger partial charge in [-0.3, -0.25) is 15.0 Å². The minimum absolute atomic E-state index is 0.0217. The quantitative estimate of drug-likeness (QED) is 0.638. The van der Waals surface area contributed by atoms with E-state index in [-0.39, 0.29) is 24.4 Å². The molecule has 0 radical (unpaired) electrons. The Morgan fingerprint density at radius 1 is 1.37 bits per heavy atom. The van der Waals surface area contributed by atoms with Gasteiger partial charge in [-0.05, 0) is 23.6 Å². The summed E-state index contributed by atoms with van der Waals surface area (Å²) >= 11 is 0. The first-order chi connectivity index (χ1) is 9.11. The highest BCUT2D eigenvalue weighted by Gasteiger charge is 2.27. The zero-order valence-corrected chi connectivity index (χ0v) is 10.3. The van der Waals surface area contributed by atoms with Gasteiger partial charge in [0.1, 0.15) is 0 Å². The number of hydrazine groups is 1. The van der Waals surface area contributed by atoms with Crippen LogP contribution in [0.1, 0.15) is 30.0 Å². The lowest BCUT2D eigenvalue weighted by Gasteiger charge is -2.11. The number of carbonyl (C=O) groups is 2. The van der Waals surface area contributed by atoms with Gasteiger partial charge in [0.15, 0.2) is 0 Å². The first-order valence-electron chi connectivity index (χ1n) is 6.27. The zero-order chi connectivity index (χ0) is 13.4. The fraction of sp³-hybridized carbons (Fsp3) is 0.385. The number of hydrogen-bond donors (Lipinski definition) is 4. The number of aliphatic carboxylic acids is 1. The number of carboxylic acids is 1. The second-order valence-electron chi connectivity index (χ2n) is 5.01. The van der Waals surface area contributed by atoms with Gasteiger partial charge in [0, 0.05) is 17.8 Å². The lowest BCUT2D eigenvalue weighted by atomic mass is 9.98. The number of nitrogens with one attached hydrogen (secondary N) is 3. The van der Waals surface area contributed by atoms with Crippen molar-refractivity contribution in [2.45, 2.75) is 31.3 Å². The molecule has 2 unspecified atom stereocenters. The molecule has 1 aromatic rings. The summed E-state index contributed by atoms with van der Waals surface area (Å²) in [5, 5.41) is 11.6. The van der Waals surface area contributed by atoms with Crippen molar-refractivity contribution in [3.63, 3.8) is 0 Å². The van der Waals surface area contributed by atoms with Gasteiger partial charge in [-0.25, -0.2) is 5.43 Å². The summed E-state index contributed by atoms with van der Waals surface area (Å²) in [6, 6.07) is 5.91. The van der Waals surface area contributed by atoms with E-state index in [1.165, 1.54) is 0 Å². The standard InChI is InChI=1S/C13H15N3O3/c17-12-4-8-3-7(1-2-10(8)14-12)11-5-9(15-16-11)6-13(18)19/h1-3,9,11,15-16H,4-6H2,(H,14,17)(H,18,19). The normalized spacial score (nSPS) is 25.2. The Hall–Kier alpha value is -1.92. The van der Waals surface area contributed by atoms with E-state index >= 15 is 0 Å². The number of carboxylic acid groups (broad SMARTS) is 1. The van der Waals surface area contributed by atoms with Crippen LogP contribution >= 0.6 is 0 Å². The number of benzene rings is 1. The van der Waals surface area contributed by atoms with Crippen molar-refractivity contribution < 1.29 is 14.7 Å². The fourth-order valence-corrected chi connectivity index (χ4v) is 2.65. The van der Waals surface area contributed by atoms with E-state index in [9.17, 15) is 9.59 Å². The molecular formula is C13H15N3O3. The minimum atomic E-state index is -0.802. The van der Waals surface area contributed by atoms with E-state index in [0.29, 0.717) is 6.42 Å². The van der Waals surface area contributed by atoms with Gasteiger partial charge < -0.3 is 10.4 Å². The van der Waals surface area contributed by atoms with Crippen molar-refractivity contribution >= 4 is 17.6 Å². The molecule has 19 heavy (non-hydrogen) atoms. The highest BCUT2D eigenvalue weighted by Crippen LogP contribution is 2.29. The number of hydrogen-bond acceptors (Lipinski definition) is 4. The van der Waals surface area contributed by atoms with E-state index in [4.69, 9.17) is 5.11 Å². The Labute approximate surface area is 110 Å². The first kappa shape index (κ1) is 12.1. The van der Waals surface area contributed by atoms with Crippen LogP contribution in [0.25, 0.3) is 0 Å². The molecular weight excluding hydrogens is 246 g/mol. The summed E-state index contributed by atoms with van der Waals surface area (Å²) in [6.45, 7) is 0. The van der Waals surface area contributed by atoms with Gasteiger partial charge in [-0.1, -0.05) is 12.1 Å². The molecule has 2 atom stereocenters. The SMILES string of the molecule is O=C(O)CC1CC(c2ccc3c(c2)CC(=O)N3)NN1. The number of amides is 1. The second kappa shape index (κ2) is 4.64. The maximum absolute atomic E-state index is 11.3. The Bertz CT molecular complexity index is 544. The largest absolute Gasteiger partial charge is 0.481 e. The molecule has 0 aromatic heterocycles. The maximum Gasteiger partial charge on any atom is 0.304 e. The van der Waals surface area contributed by atoms with Crippen LogP contribution in [0.3, 0.4) is 0 Å². The van der Waals surface area contributed by atoms with Crippen LogP contribution in [0.15, 0.2) is 18.2 Å². The summed E-state index contributed by atoms with van der Waals surface area (Å²) < 4.78 is 0. The van der Waals surface area contributed by atoms with E-state index < -0.39 is 5.97 Å². The van der Waals surface area contributed by atoms with Gasteiger partial charge in [0.2, 0.25) is 5.91 Å². The molecule has 0 spiro atoms. The molecule has 1 amide bonds. The van der Waals surface area contributed by atoms with Gasteiger partial charge in [-0.15, -0.1) is 0 Å². The lowest BCUT2D eigenvalue weighted by molar-refractivity contribution is -0.137. The maximum atomic E-state index is 11.3. The van der Waals surface area contributed by atoms with Crippen LogP contribution in [0, 0.1) is 0 Å². The topological polar surface area (TPSA) is 90.5 Å². The Balaban J connectivity index is 1.72. The van der Waals surface area contributed by atoms with Gasteiger partial charge in [-0.2, -0.15) is 0 Å². The van der Waals surface area contributed by atoms with E-state index in [2.05, 4.69) is 16.2 Å². The number of fused-ring (bicyclic) bond motifs is 1. The molecule has 2 aliphatic rings. The average molecular weight is 261 g/mol. The molecule has 6 nitrogen and oxygen atoms in total. The highest BCUT2D eigenvalue weighted by atomic mass is 16.4. The Morgan fingerprint density at radius 2 is 2.21 bits per heavy atom. The molecule has 2 heterocycles. The molecule has 1 fully saturated rings. The van der Waals surface area contributed by atoms with Gasteiger partial charge in [0.25, 0.3) is 0 Å². The lowest BCUT2D eigenvalue weighted by Crippen LogP contribution is -2.32. The number of carbonyl (C=O) groups excluding carboxylic acids is 1. The molecule has 2 aliphatic heterocycles. The summed E-state index contributed by atoms with van der Waals surface area (Å²) in [6.07, 6.45) is 1.25. The van der Waals surface area contributed by atoms with Crippen LogP contribution in [-0.2, 0) is 16.0 Å². The molecule has 1 aromatic carbocycles. The predicted octanol–water partition coefficient (Wildman–Crippen LogP) is 0.564. The smallest absolute Gasteiger partial charge is 0.304 e. The third kappa shape index (κ3) is 2.45. The monoisotopic (exact) mass is 261 g/mol. The van der Waals surface area contributed by atoms with Crippen molar-refractivity contribution in [2.75, 3.05) is 5.32 Å². The van der Waals surface area contributed by atoms with Gasteiger partial charge in [0.05, 0.1) is 12.8 Å². The zero-order valence-electron chi connectivity index (χ0n) is 10.3. The Morgan fingerprint density at radius 3 is 3.00 bits per heavy atom. The van der Waals surface area contributed by atoms with E-state index in [0.717, 1.165) is 23.2 Å². The average Bonchev–Trinajstić information content (AvgIpc) is 2.92. The van der Waals surface area contributed by atoms with E-state index in [1.807, 2.05) is 18.2 Å². The van der Waals surface area contributed by atoms with Crippen molar-refractivity contribution in [1.29, 1.82) is 0 Å². The summed E-state index contributed by atoms with van der Waals surface area (Å²) in [5.74, 6) is -0.780. The van der Waals surface area contributed by atoms with E-state index in [1.54, 1.807) is 0 Å². The van der Waals surface area contributed by atoms with Crippen LogP contribution in [0.5, 0.6) is 0 Å². The highest BCUT2D eigenvalue weighted by molar-refractivity contribution is 5.99. The second-order valence-corrected chi connectivity index (χ2v) is 5.01. The van der Waals surface area contributed by atoms with Gasteiger partial charge >= 0.3 is 5.97 Å². The van der Waals surface area contributed by atoms with Crippen molar-refractivity contribution in [2.24, 2.45) is 0 Å². The predicted molar refractivity (Wildman–Crippen MR) is 68.4 cm³/mol. The van der Waals surface area contributed by atoms with Crippen LogP contribution in [0.4, 0.5) is 5.69 Å². The molecule has 0 bridgehead atoms. The minimum Gasteiger partial charge on any atom is -0.481 e.